The van der Waals surface area contributed by atoms with Crippen molar-refractivity contribution in [2.75, 3.05) is 11.4 Å². The summed E-state index contributed by atoms with van der Waals surface area (Å²) in [5.74, 6) is -0.751. The van der Waals surface area contributed by atoms with Crippen molar-refractivity contribution >= 4 is 29.3 Å². The topological polar surface area (TPSA) is 52.7 Å². The fourth-order valence-corrected chi connectivity index (χ4v) is 4.42. The van der Waals surface area contributed by atoms with Crippen molar-refractivity contribution in [2.24, 2.45) is 0 Å². The molecule has 0 unspecified atom stereocenters. The van der Waals surface area contributed by atoms with Gasteiger partial charge in [-0.15, -0.1) is 0 Å². The number of benzene rings is 2. The van der Waals surface area contributed by atoms with E-state index >= 15 is 0 Å². The summed E-state index contributed by atoms with van der Waals surface area (Å²) in [5, 5.41) is 2.66. The highest BCUT2D eigenvalue weighted by molar-refractivity contribution is 6.14. The zero-order valence-corrected chi connectivity index (χ0v) is 18.2. The number of carbonyl (C=O) groups excluding carboxylic acids is 2. The largest absolute Gasteiger partial charge is 0.363 e. The average molecular weight is 420 g/mol. The number of amides is 3. The van der Waals surface area contributed by atoms with Crippen LogP contribution >= 0.6 is 0 Å². The predicted octanol–water partition coefficient (Wildman–Crippen LogP) is 4.94. The van der Waals surface area contributed by atoms with Crippen molar-refractivity contribution in [3.63, 3.8) is 0 Å². The Bertz CT molecular complexity index is 1120. The van der Waals surface area contributed by atoms with E-state index in [9.17, 15) is 14.0 Å². The van der Waals surface area contributed by atoms with Crippen LogP contribution in [0.5, 0.6) is 0 Å². The van der Waals surface area contributed by atoms with Gasteiger partial charge in [0.1, 0.15) is 11.5 Å². The van der Waals surface area contributed by atoms with Crippen molar-refractivity contribution in [1.82, 2.24) is 10.2 Å². The third-order valence-electron chi connectivity index (χ3n) is 5.85. The molecule has 1 saturated heterocycles. The smallest absolute Gasteiger partial charge is 0.329 e. The number of hydrogen-bond acceptors (Lipinski definition) is 3. The SMILES string of the molecule is CCN1c2ccc(/C=C3\NC(=O)N(Cc4ccc(F)cc4)C3=O)cc2C(C)=CC1(C)C. The number of halogens is 1. The second kappa shape index (κ2) is 7.69. The maximum Gasteiger partial charge on any atom is 0.329 e. The Balaban J connectivity index is 1.61. The predicted molar refractivity (Wildman–Crippen MR) is 121 cm³/mol. The van der Waals surface area contributed by atoms with Gasteiger partial charge in [0.15, 0.2) is 0 Å². The third-order valence-corrected chi connectivity index (χ3v) is 5.85. The lowest BCUT2D eigenvalue weighted by atomic mass is 9.88. The maximum atomic E-state index is 13.1. The second-order valence-corrected chi connectivity index (χ2v) is 8.51. The number of nitrogens with one attached hydrogen (secondary N) is 1. The van der Waals surface area contributed by atoms with E-state index in [1.165, 1.54) is 17.7 Å². The summed E-state index contributed by atoms with van der Waals surface area (Å²) in [4.78, 5) is 28.6. The van der Waals surface area contributed by atoms with Crippen LogP contribution in [0.25, 0.3) is 11.6 Å². The molecule has 2 aromatic rings. The number of allylic oxidation sites excluding steroid dienone is 1. The first-order valence-corrected chi connectivity index (χ1v) is 10.4. The van der Waals surface area contributed by atoms with Crippen LogP contribution in [0.1, 0.15) is 44.4 Å². The summed E-state index contributed by atoms with van der Waals surface area (Å²) in [5.41, 5.74) is 5.16. The number of carbonyl (C=O) groups is 2. The Hall–Kier alpha value is -3.41. The molecule has 2 aromatic carbocycles. The number of fused-ring (bicyclic) bond motifs is 1. The first-order chi connectivity index (χ1) is 14.7. The van der Waals surface area contributed by atoms with Crippen LogP contribution in [-0.4, -0.2) is 28.9 Å². The molecule has 6 heteroatoms. The van der Waals surface area contributed by atoms with E-state index in [2.05, 4.69) is 50.1 Å². The molecule has 160 valence electrons. The van der Waals surface area contributed by atoms with Crippen molar-refractivity contribution < 1.29 is 14.0 Å². The standard InChI is InChI=1S/C25H26FN3O2/c1-5-29-22-11-8-18(12-20(22)16(2)14-25(29,3)4)13-21-23(30)28(24(31)27-21)15-17-6-9-19(26)10-7-17/h6-14H,5,15H2,1-4H3,(H,27,31)/b21-13-. The quantitative estimate of drug-likeness (QED) is 0.564. The minimum atomic E-state index is -0.478. The van der Waals surface area contributed by atoms with Crippen LogP contribution in [0.15, 0.2) is 54.2 Å². The van der Waals surface area contributed by atoms with Crippen LogP contribution in [0.3, 0.4) is 0 Å². The van der Waals surface area contributed by atoms with Gasteiger partial charge in [-0.25, -0.2) is 9.18 Å². The molecular weight excluding hydrogens is 393 g/mol. The summed E-state index contributed by atoms with van der Waals surface area (Å²) in [6, 6.07) is 11.4. The van der Waals surface area contributed by atoms with Crippen molar-refractivity contribution in [1.29, 1.82) is 0 Å². The van der Waals surface area contributed by atoms with E-state index in [-0.39, 0.29) is 23.6 Å². The lowest BCUT2D eigenvalue weighted by Gasteiger charge is -2.42. The highest BCUT2D eigenvalue weighted by Crippen LogP contribution is 2.39. The molecular formula is C25H26FN3O2. The molecule has 0 radical (unpaired) electrons. The zero-order valence-electron chi connectivity index (χ0n) is 18.2. The number of rotatable bonds is 4. The van der Waals surface area contributed by atoms with E-state index in [1.54, 1.807) is 18.2 Å². The van der Waals surface area contributed by atoms with Gasteiger partial charge in [0.05, 0.1) is 12.1 Å². The molecule has 31 heavy (non-hydrogen) atoms. The normalized spacial score (nSPS) is 18.9. The summed E-state index contributed by atoms with van der Waals surface area (Å²) < 4.78 is 13.1. The minimum absolute atomic E-state index is 0.0674. The highest BCUT2D eigenvalue weighted by Gasteiger charge is 2.34. The van der Waals surface area contributed by atoms with Crippen molar-refractivity contribution in [3.05, 3.63) is 76.7 Å². The van der Waals surface area contributed by atoms with E-state index < -0.39 is 11.9 Å². The molecule has 3 amide bonds. The molecule has 2 aliphatic heterocycles. The first-order valence-electron chi connectivity index (χ1n) is 10.4. The minimum Gasteiger partial charge on any atom is -0.363 e. The Morgan fingerprint density at radius 2 is 1.81 bits per heavy atom. The maximum absolute atomic E-state index is 13.1. The van der Waals surface area contributed by atoms with Crippen molar-refractivity contribution in [3.8, 4) is 0 Å². The van der Waals surface area contributed by atoms with Crippen molar-refractivity contribution in [2.45, 2.75) is 39.8 Å². The van der Waals surface area contributed by atoms with Gasteiger partial charge in [0.2, 0.25) is 0 Å². The summed E-state index contributed by atoms with van der Waals surface area (Å²) >= 11 is 0. The molecule has 0 saturated carbocycles. The summed E-state index contributed by atoms with van der Waals surface area (Å²) in [6.45, 7) is 9.60. The summed E-state index contributed by atoms with van der Waals surface area (Å²) in [6.07, 6.45) is 3.96. The lowest BCUT2D eigenvalue weighted by Crippen LogP contribution is -2.44. The fraction of sp³-hybridized carbons (Fsp3) is 0.280. The molecule has 0 aromatic heterocycles. The van der Waals surface area contributed by atoms with E-state index in [4.69, 9.17) is 0 Å². The van der Waals surface area contributed by atoms with Gasteiger partial charge in [0.25, 0.3) is 5.91 Å². The highest BCUT2D eigenvalue weighted by atomic mass is 19.1. The number of urea groups is 1. The van der Waals surface area contributed by atoms with Gasteiger partial charge in [0, 0.05) is 17.8 Å². The zero-order chi connectivity index (χ0) is 22.3. The first kappa shape index (κ1) is 20.8. The molecule has 5 nitrogen and oxygen atoms in total. The van der Waals surface area contributed by atoms with Gasteiger partial charge in [-0.1, -0.05) is 24.3 Å². The van der Waals surface area contributed by atoms with Crippen LogP contribution < -0.4 is 10.2 Å². The average Bonchev–Trinajstić information content (AvgIpc) is 2.97. The van der Waals surface area contributed by atoms with Crippen LogP contribution in [0.2, 0.25) is 0 Å². The Morgan fingerprint density at radius 1 is 1.10 bits per heavy atom. The molecule has 0 aliphatic carbocycles. The Labute approximate surface area is 181 Å². The van der Waals surface area contributed by atoms with Gasteiger partial charge >= 0.3 is 6.03 Å². The molecule has 0 spiro atoms. The second-order valence-electron chi connectivity index (χ2n) is 8.51. The van der Waals surface area contributed by atoms with Gasteiger partial charge in [-0.05, 0) is 74.7 Å². The molecule has 0 bridgehead atoms. The Kier molecular flexibility index (Phi) is 5.17. The molecule has 2 heterocycles. The number of anilines is 1. The van der Waals surface area contributed by atoms with E-state index in [1.807, 2.05) is 12.1 Å². The number of imide groups is 1. The number of likely N-dealkylation sites (N-methyl/N-ethyl adjacent to an activating group) is 1. The monoisotopic (exact) mass is 419 g/mol. The van der Waals surface area contributed by atoms with Crippen LogP contribution in [-0.2, 0) is 11.3 Å². The van der Waals surface area contributed by atoms with Crippen LogP contribution in [0, 0.1) is 5.82 Å². The van der Waals surface area contributed by atoms with Gasteiger partial charge < -0.3 is 10.2 Å². The van der Waals surface area contributed by atoms with E-state index in [0.717, 1.165) is 28.3 Å². The molecule has 4 rings (SSSR count). The van der Waals surface area contributed by atoms with Gasteiger partial charge in [-0.2, -0.15) is 0 Å². The fourth-order valence-electron chi connectivity index (χ4n) is 4.42. The molecule has 1 fully saturated rings. The van der Waals surface area contributed by atoms with E-state index in [0.29, 0.717) is 5.56 Å². The van der Waals surface area contributed by atoms with Crippen LogP contribution in [0.4, 0.5) is 14.9 Å². The lowest BCUT2D eigenvalue weighted by molar-refractivity contribution is -0.123. The molecule has 2 aliphatic rings. The third kappa shape index (κ3) is 3.85. The molecule has 1 N–H and O–H groups in total. The number of nitrogens with zero attached hydrogens (tertiary/aromatic N) is 2. The molecule has 0 atom stereocenters. The summed E-state index contributed by atoms with van der Waals surface area (Å²) in [7, 11) is 0. The number of hydrogen-bond donors (Lipinski definition) is 1. The Morgan fingerprint density at radius 3 is 2.48 bits per heavy atom. The van der Waals surface area contributed by atoms with Gasteiger partial charge in [-0.3, -0.25) is 9.69 Å².